The van der Waals surface area contributed by atoms with E-state index in [0.717, 1.165) is 24.8 Å². The molecule has 1 aromatic carbocycles. The van der Waals surface area contributed by atoms with E-state index in [-0.39, 0.29) is 58.4 Å². The van der Waals surface area contributed by atoms with Crippen LogP contribution in [0.25, 0.3) is 10.9 Å². The molecule has 50 heavy (non-hydrogen) atoms. The van der Waals surface area contributed by atoms with Gasteiger partial charge < -0.3 is 30.0 Å². The van der Waals surface area contributed by atoms with Gasteiger partial charge in [-0.05, 0) is 70.1 Å². The molecule has 6 rings (SSSR count). The Balaban J connectivity index is 0.00000302. The molecule has 1 aromatic heterocycles. The highest BCUT2D eigenvalue weighted by molar-refractivity contribution is 5.87. The molecule has 0 radical (unpaired) electrons. The van der Waals surface area contributed by atoms with Crippen LogP contribution in [-0.2, 0) is 22.1 Å². The van der Waals surface area contributed by atoms with Gasteiger partial charge in [-0.25, -0.2) is 9.78 Å². The quantitative estimate of drug-likeness (QED) is 0.295. The Morgan fingerprint density at radius 2 is 2.08 bits per heavy atom. The molecule has 1 spiro atoms. The van der Waals surface area contributed by atoms with Crippen molar-refractivity contribution < 1.29 is 44.9 Å². The highest BCUT2D eigenvalue weighted by Gasteiger charge is 2.59. The molecule has 4 aliphatic rings. The SMILES string of the molecule is C=C(C)[C@@]12C[C@H]1/C=C\CCCCC[C@H](NC(=O)OCCC)C(O)N1C[C@@]3(CCc4c(c(C(F)(F)F)nc5ccc(OC)cc45)O3)C[C@H]1C(=O)N2.[HH].[HH]. The summed E-state index contributed by atoms with van der Waals surface area (Å²) < 4.78 is 60.9. The van der Waals surface area contributed by atoms with Crippen LogP contribution >= 0.6 is 0 Å². The maximum Gasteiger partial charge on any atom is 0.437 e. The Kier molecular flexibility index (Phi) is 10.1. The number of aryl methyl sites for hydroxylation is 1. The number of pyridine rings is 1. The smallest absolute Gasteiger partial charge is 0.437 e. The summed E-state index contributed by atoms with van der Waals surface area (Å²) in [4.78, 5) is 32.7. The van der Waals surface area contributed by atoms with Crippen LogP contribution in [-0.4, -0.2) is 76.7 Å². The summed E-state index contributed by atoms with van der Waals surface area (Å²) in [5.74, 6) is -0.211. The number of rotatable bonds is 5. The first kappa shape index (κ1) is 36.0. The highest BCUT2D eigenvalue weighted by Crippen LogP contribution is 2.51. The average molecular weight is 705 g/mol. The van der Waals surface area contributed by atoms with E-state index in [1.807, 2.05) is 13.8 Å². The minimum atomic E-state index is -4.81. The number of hydrogen-bond donors (Lipinski definition) is 3. The number of alkyl halides is 3. The molecule has 2 aromatic rings. The van der Waals surface area contributed by atoms with E-state index in [1.54, 1.807) is 17.0 Å². The molecule has 276 valence electrons. The van der Waals surface area contributed by atoms with Crippen molar-refractivity contribution in [2.45, 2.75) is 114 Å². The second-order valence-electron chi connectivity index (χ2n) is 14.2. The lowest BCUT2D eigenvalue weighted by molar-refractivity contribution is -0.144. The third kappa shape index (κ3) is 7.03. The minimum absolute atomic E-state index is 0. The number of alkyl carbamates (subject to hydrolysis) is 1. The fraction of sp³-hybridized carbons (Fsp3) is 0.595. The molecule has 10 nitrogen and oxygen atoms in total. The predicted octanol–water partition coefficient (Wildman–Crippen LogP) is 6.69. The molecule has 3 N–H and O–H groups in total. The summed E-state index contributed by atoms with van der Waals surface area (Å²) in [5, 5.41) is 18.5. The summed E-state index contributed by atoms with van der Waals surface area (Å²) in [6, 6.07) is 2.93. The Hall–Kier alpha value is -3.84. The second-order valence-corrected chi connectivity index (χ2v) is 14.2. The molecular weight excluding hydrogens is 653 g/mol. The van der Waals surface area contributed by atoms with Gasteiger partial charge in [-0.15, -0.1) is 0 Å². The van der Waals surface area contributed by atoms with E-state index in [4.69, 9.17) is 14.2 Å². The van der Waals surface area contributed by atoms with Crippen molar-refractivity contribution in [3.63, 3.8) is 0 Å². The van der Waals surface area contributed by atoms with Crippen molar-refractivity contribution in [1.82, 2.24) is 20.5 Å². The lowest BCUT2D eigenvalue weighted by Crippen LogP contribution is -2.57. The van der Waals surface area contributed by atoms with E-state index >= 15 is 0 Å². The van der Waals surface area contributed by atoms with Crippen molar-refractivity contribution in [2.24, 2.45) is 5.92 Å². The van der Waals surface area contributed by atoms with Crippen LogP contribution in [0.3, 0.4) is 0 Å². The lowest BCUT2D eigenvalue weighted by atomic mass is 9.87. The van der Waals surface area contributed by atoms with E-state index < -0.39 is 47.4 Å². The number of carbonyl (C=O) groups excluding carboxylic acids is 2. The number of nitrogens with zero attached hydrogens (tertiary/aromatic N) is 2. The molecule has 1 saturated carbocycles. The van der Waals surface area contributed by atoms with Crippen molar-refractivity contribution in [3.05, 3.63) is 53.8 Å². The van der Waals surface area contributed by atoms with E-state index in [0.29, 0.717) is 42.4 Å². The molecule has 1 unspecified atom stereocenters. The first-order valence-electron chi connectivity index (χ1n) is 17.6. The average Bonchev–Trinajstić information content (AvgIpc) is 3.66. The Morgan fingerprint density at radius 1 is 1.28 bits per heavy atom. The number of aromatic nitrogens is 1. The Morgan fingerprint density at radius 3 is 2.80 bits per heavy atom. The third-order valence-corrected chi connectivity index (χ3v) is 10.7. The van der Waals surface area contributed by atoms with Crippen LogP contribution in [0.1, 0.15) is 85.7 Å². The standard InChI is InChI=1S/C37H47F3N4O6.2H2/c1-5-17-49-34(47)42-28-12-10-8-6-7-9-11-23-19-36(23,22(2)3)43-32(45)29-20-35(21-44(29)33(28)46)16-15-25-26-18-24(48-4)13-14-27(26)41-31(30(25)50-35)37(38,39)40;;/h9,11,13-14,18,23,28-29,33,46H,2,5-8,10,12,15-17,19-21H2,1,3-4H3,(H,42,47)(H,43,45);2*1H/b11-9-;;/t23-,28+,29+,33?,35-,36+;;/m1../s1. The molecule has 1 saturated heterocycles. The third-order valence-electron chi connectivity index (χ3n) is 10.7. The Labute approximate surface area is 293 Å². The molecule has 2 fully saturated rings. The summed E-state index contributed by atoms with van der Waals surface area (Å²) in [7, 11) is 1.48. The van der Waals surface area contributed by atoms with Gasteiger partial charge in [0, 0.05) is 32.7 Å². The first-order valence-corrected chi connectivity index (χ1v) is 17.6. The van der Waals surface area contributed by atoms with Crippen LogP contribution in [0, 0.1) is 5.92 Å². The van der Waals surface area contributed by atoms with Gasteiger partial charge in [0.25, 0.3) is 0 Å². The summed E-state index contributed by atoms with van der Waals surface area (Å²) in [6.07, 6.45) is 2.95. The largest absolute Gasteiger partial charge is 0.497 e. The normalized spacial score (nSPS) is 30.8. The predicted molar refractivity (Wildman–Crippen MR) is 185 cm³/mol. The molecule has 6 atom stereocenters. The van der Waals surface area contributed by atoms with Crippen molar-refractivity contribution >= 4 is 22.9 Å². The summed E-state index contributed by atoms with van der Waals surface area (Å²) >= 11 is 0. The lowest BCUT2D eigenvalue weighted by Gasteiger charge is -2.38. The zero-order chi connectivity index (χ0) is 35.8. The van der Waals surface area contributed by atoms with Gasteiger partial charge in [-0.1, -0.05) is 44.1 Å². The zero-order valence-corrected chi connectivity index (χ0v) is 28.9. The van der Waals surface area contributed by atoms with Crippen LogP contribution in [0.15, 0.2) is 42.5 Å². The molecule has 0 bridgehead atoms. The summed E-state index contributed by atoms with van der Waals surface area (Å²) in [6.45, 7) is 8.07. The highest BCUT2D eigenvalue weighted by atomic mass is 19.4. The fourth-order valence-corrected chi connectivity index (χ4v) is 7.88. The van der Waals surface area contributed by atoms with Crippen LogP contribution < -0.4 is 20.1 Å². The topological polar surface area (TPSA) is 122 Å². The van der Waals surface area contributed by atoms with Crippen molar-refractivity contribution in [2.75, 3.05) is 20.3 Å². The number of hydrogen-bond acceptors (Lipinski definition) is 8. The number of carbonyl (C=O) groups is 2. The Bertz CT molecular complexity index is 1680. The van der Waals surface area contributed by atoms with Gasteiger partial charge in [0.15, 0.2) is 11.4 Å². The number of benzene rings is 1. The molecule has 4 heterocycles. The molecule has 2 amide bonds. The van der Waals surface area contributed by atoms with Gasteiger partial charge in [0.1, 0.15) is 17.6 Å². The van der Waals surface area contributed by atoms with Gasteiger partial charge in [0.05, 0.1) is 36.9 Å². The van der Waals surface area contributed by atoms with Crippen LogP contribution in [0.5, 0.6) is 11.5 Å². The monoisotopic (exact) mass is 704 g/mol. The number of amides is 2. The summed E-state index contributed by atoms with van der Waals surface area (Å²) in [5.41, 5.74) is -1.71. The number of nitrogens with one attached hydrogen (secondary N) is 2. The van der Waals surface area contributed by atoms with Crippen LogP contribution in [0.4, 0.5) is 18.0 Å². The first-order chi connectivity index (χ1) is 23.8. The number of methoxy groups -OCH3 is 1. The molecule has 13 heteroatoms. The molecular formula is C37H51F3N4O6. The number of aliphatic hydroxyl groups excluding tert-OH is 1. The van der Waals surface area contributed by atoms with Gasteiger partial charge >= 0.3 is 12.3 Å². The number of ether oxygens (including phenoxy) is 3. The number of fused-ring (bicyclic) bond motifs is 5. The van der Waals surface area contributed by atoms with Gasteiger partial charge in [-0.2, -0.15) is 13.2 Å². The van der Waals surface area contributed by atoms with E-state index in [9.17, 15) is 27.9 Å². The maximum absolute atomic E-state index is 14.6. The van der Waals surface area contributed by atoms with E-state index in [2.05, 4.69) is 34.3 Å². The molecule has 1 aliphatic carbocycles. The maximum atomic E-state index is 14.6. The number of aliphatic hydroxyl groups is 1. The second kappa shape index (κ2) is 14.1. The molecule has 3 aliphatic heterocycles. The van der Waals surface area contributed by atoms with E-state index in [1.165, 1.54) is 13.2 Å². The van der Waals surface area contributed by atoms with Crippen molar-refractivity contribution in [1.29, 1.82) is 0 Å². The minimum Gasteiger partial charge on any atom is -0.497 e. The van der Waals surface area contributed by atoms with Crippen molar-refractivity contribution in [3.8, 4) is 11.5 Å². The number of allylic oxidation sites excluding steroid dienone is 1. The number of halogens is 3. The van der Waals surface area contributed by atoms with Crippen LogP contribution in [0.2, 0.25) is 0 Å². The van der Waals surface area contributed by atoms with Gasteiger partial charge in [0.2, 0.25) is 5.91 Å². The zero-order valence-electron chi connectivity index (χ0n) is 28.9. The fourth-order valence-electron chi connectivity index (χ4n) is 7.88. The van der Waals surface area contributed by atoms with Gasteiger partial charge in [-0.3, -0.25) is 9.69 Å².